The molecule has 0 radical (unpaired) electrons. The summed E-state index contributed by atoms with van der Waals surface area (Å²) in [5.74, 6) is 0. The third kappa shape index (κ3) is 2.72. The minimum atomic E-state index is -3.64. The molecular formula is C13H16N6O2S. The maximum absolute atomic E-state index is 12.1. The molecule has 3 rings (SSSR count). The molecule has 2 aromatic heterocycles. The highest BCUT2D eigenvalue weighted by Crippen LogP contribution is 2.17. The third-order valence-corrected chi connectivity index (χ3v) is 4.66. The number of aryl methyl sites for hydroxylation is 2. The molecule has 2 heterocycles. The molecule has 1 N–H and O–H groups in total. The fourth-order valence-corrected chi connectivity index (χ4v) is 3.23. The Bertz CT molecular complexity index is 912. The Morgan fingerprint density at radius 3 is 2.68 bits per heavy atom. The standard InChI is InChI=1S/C13H16N6O2S/c1-18-12-6-4-3-5-10(12)11(16-18)7-8-15-22(20,21)13-9-14-19(2)17-13/h3-6,9,15H,7-8H2,1-2H3. The topological polar surface area (TPSA) is 94.7 Å². The molecule has 3 aromatic rings. The Morgan fingerprint density at radius 1 is 1.18 bits per heavy atom. The van der Waals surface area contributed by atoms with Gasteiger partial charge in [0.05, 0.1) is 17.4 Å². The fraction of sp³-hybridized carbons (Fsp3) is 0.308. The van der Waals surface area contributed by atoms with Gasteiger partial charge in [-0.3, -0.25) is 4.68 Å². The monoisotopic (exact) mass is 320 g/mol. The first-order valence-electron chi connectivity index (χ1n) is 6.74. The van der Waals surface area contributed by atoms with Crippen LogP contribution in [0.1, 0.15) is 5.69 Å². The second-order valence-corrected chi connectivity index (χ2v) is 6.62. The fourth-order valence-electron chi connectivity index (χ4n) is 2.30. The summed E-state index contributed by atoms with van der Waals surface area (Å²) in [6.45, 7) is 0.250. The summed E-state index contributed by atoms with van der Waals surface area (Å²) in [5, 5.41) is 12.9. The van der Waals surface area contributed by atoms with E-state index in [1.54, 1.807) is 11.7 Å². The van der Waals surface area contributed by atoms with E-state index in [1.165, 1.54) is 11.0 Å². The van der Waals surface area contributed by atoms with Crippen LogP contribution in [0.3, 0.4) is 0 Å². The lowest BCUT2D eigenvalue weighted by Crippen LogP contribution is -2.26. The van der Waals surface area contributed by atoms with E-state index in [4.69, 9.17) is 0 Å². The number of fused-ring (bicyclic) bond motifs is 1. The average molecular weight is 320 g/mol. The summed E-state index contributed by atoms with van der Waals surface area (Å²) in [5.41, 5.74) is 1.88. The van der Waals surface area contributed by atoms with Crippen LogP contribution in [0.5, 0.6) is 0 Å². The Morgan fingerprint density at radius 2 is 1.95 bits per heavy atom. The molecule has 0 saturated heterocycles. The van der Waals surface area contributed by atoms with Gasteiger partial charge >= 0.3 is 0 Å². The Hall–Kier alpha value is -2.26. The van der Waals surface area contributed by atoms with Crippen LogP contribution in [0.2, 0.25) is 0 Å². The molecule has 9 heteroatoms. The van der Waals surface area contributed by atoms with E-state index in [2.05, 4.69) is 20.0 Å². The molecule has 8 nitrogen and oxygen atoms in total. The van der Waals surface area contributed by atoms with Gasteiger partial charge in [0, 0.05) is 32.4 Å². The third-order valence-electron chi connectivity index (χ3n) is 3.34. The van der Waals surface area contributed by atoms with Crippen molar-refractivity contribution in [2.45, 2.75) is 11.4 Å². The van der Waals surface area contributed by atoms with Crippen LogP contribution in [0, 0.1) is 0 Å². The Kier molecular flexibility index (Phi) is 3.67. The van der Waals surface area contributed by atoms with Crippen molar-refractivity contribution in [2.24, 2.45) is 14.1 Å². The highest BCUT2D eigenvalue weighted by Gasteiger charge is 2.18. The Labute approximate surface area is 127 Å². The molecule has 22 heavy (non-hydrogen) atoms. The number of hydrogen-bond donors (Lipinski definition) is 1. The molecule has 1 aromatic carbocycles. The Balaban J connectivity index is 1.72. The zero-order valence-electron chi connectivity index (χ0n) is 12.3. The first-order chi connectivity index (χ1) is 10.5. The molecule has 0 amide bonds. The van der Waals surface area contributed by atoms with Gasteiger partial charge in [0.2, 0.25) is 5.03 Å². The number of rotatable bonds is 5. The molecular weight excluding hydrogens is 304 g/mol. The highest BCUT2D eigenvalue weighted by molar-refractivity contribution is 7.89. The van der Waals surface area contributed by atoms with E-state index >= 15 is 0 Å². The maximum Gasteiger partial charge on any atom is 0.261 e. The van der Waals surface area contributed by atoms with Crippen molar-refractivity contribution in [2.75, 3.05) is 6.54 Å². The first-order valence-corrected chi connectivity index (χ1v) is 8.22. The number of nitrogens with one attached hydrogen (secondary N) is 1. The van der Waals surface area contributed by atoms with Crippen LogP contribution in [-0.2, 0) is 30.5 Å². The lowest BCUT2D eigenvalue weighted by Gasteiger charge is -2.02. The number of hydrogen-bond acceptors (Lipinski definition) is 5. The van der Waals surface area contributed by atoms with Gasteiger partial charge in [0.1, 0.15) is 0 Å². The largest absolute Gasteiger partial charge is 0.268 e. The van der Waals surface area contributed by atoms with Crippen molar-refractivity contribution in [3.8, 4) is 0 Å². The van der Waals surface area contributed by atoms with Crippen molar-refractivity contribution in [3.63, 3.8) is 0 Å². The molecule has 0 spiro atoms. The number of benzene rings is 1. The number of aromatic nitrogens is 5. The summed E-state index contributed by atoms with van der Waals surface area (Å²) >= 11 is 0. The highest BCUT2D eigenvalue weighted by atomic mass is 32.2. The smallest absolute Gasteiger partial charge is 0.261 e. The van der Waals surface area contributed by atoms with Gasteiger partial charge in [-0.2, -0.15) is 15.0 Å². The summed E-state index contributed by atoms with van der Waals surface area (Å²) < 4.78 is 28.4. The van der Waals surface area contributed by atoms with Crippen molar-refractivity contribution in [1.29, 1.82) is 0 Å². The van der Waals surface area contributed by atoms with E-state index < -0.39 is 10.0 Å². The van der Waals surface area contributed by atoms with Crippen LogP contribution in [0.15, 0.2) is 35.5 Å². The van der Waals surface area contributed by atoms with Crippen molar-refractivity contribution >= 4 is 20.9 Å². The summed E-state index contributed by atoms with van der Waals surface area (Å²) in [7, 11) is -0.196. The van der Waals surface area contributed by atoms with E-state index in [0.29, 0.717) is 6.42 Å². The minimum absolute atomic E-state index is 0.0825. The van der Waals surface area contributed by atoms with E-state index in [0.717, 1.165) is 16.6 Å². The lowest BCUT2D eigenvalue weighted by molar-refractivity contribution is 0.570. The van der Waals surface area contributed by atoms with Gasteiger partial charge in [-0.25, -0.2) is 13.1 Å². The zero-order chi connectivity index (χ0) is 15.7. The zero-order valence-corrected chi connectivity index (χ0v) is 13.1. The van der Waals surface area contributed by atoms with Crippen LogP contribution < -0.4 is 4.72 Å². The quantitative estimate of drug-likeness (QED) is 0.726. The number of sulfonamides is 1. The van der Waals surface area contributed by atoms with Crippen LogP contribution in [0.25, 0.3) is 10.9 Å². The second-order valence-electron chi connectivity index (χ2n) is 4.91. The number of nitrogens with zero attached hydrogens (tertiary/aromatic N) is 5. The number of para-hydroxylation sites is 1. The van der Waals surface area contributed by atoms with Gasteiger partial charge in [0.25, 0.3) is 10.0 Å². The molecule has 0 fully saturated rings. The van der Waals surface area contributed by atoms with Gasteiger partial charge < -0.3 is 0 Å². The normalized spacial score (nSPS) is 12.1. The van der Waals surface area contributed by atoms with Gasteiger partial charge in [-0.05, 0) is 6.07 Å². The van der Waals surface area contributed by atoms with Gasteiger partial charge in [-0.1, -0.05) is 18.2 Å². The first kappa shape index (κ1) is 14.7. The summed E-state index contributed by atoms with van der Waals surface area (Å²) in [6.07, 6.45) is 1.72. The van der Waals surface area contributed by atoms with Crippen molar-refractivity contribution < 1.29 is 8.42 Å². The summed E-state index contributed by atoms with van der Waals surface area (Å²) in [6, 6.07) is 7.85. The van der Waals surface area contributed by atoms with Gasteiger partial charge in [0.15, 0.2) is 0 Å². The van der Waals surface area contributed by atoms with E-state index in [1.807, 2.05) is 31.3 Å². The molecule has 0 bridgehead atoms. The summed E-state index contributed by atoms with van der Waals surface area (Å²) in [4.78, 5) is 1.21. The van der Waals surface area contributed by atoms with Crippen LogP contribution >= 0.6 is 0 Å². The lowest BCUT2D eigenvalue weighted by atomic mass is 10.2. The maximum atomic E-state index is 12.1. The molecule has 0 unspecified atom stereocenters. The van der Waals surface area contributed by atoms with E-state index in [-0.39, 0.29) is 11.6 Å². The van der Waals surface area contributed by atoms with Gasteiger partial charge in [-0.15, -0.1) is 5.10 Å². The van der Waals surface area contributed by atoms with Crippen molar-refractivity contribution in [3.05, 3.63) is 36.2 Å². The van der Waals surface area contributed by atoms with E-state index in [9.17, 15) is 8.42 Å². The predicted octanol–water partition coefficient (Wildman–Crippen LogP) is 0.223. The molecule has 0 aliphatic heterocycles. The molecule has 0 aliphatic carbocycles. The second kappa shape index (κ2) is 5.50. The van der Waals surface area contributed by atoms with Crippen LogP contribution in [0.4, 0.5) is 0 Å². The molecule has 116 valence electrons. The molecule has 0 aliphatic rings. The molecule has 0 saturated carbocycles. The SMILES string of the molecule is Cn1ncc(S(=O)(=O)NCCc2nn(C)c3ccccc23)n1. The predicted molar refractivity (Wildman–Crippen MR) is 80.6 cm³/mol. The molecule has 0 atom stereocenters. The van der Waals surface area contributed by atoms with Crippen LogP contribution in [-0.4, -0.2) is 39.7 Å². The van der Waals surface area contributed by atoms with Crippen molar-refractivity contribution in [1.82, 2.24) is 29.5 Å². The average Bonchev–Trinajstić information content (AvgIpc) is 3.05. The minimum Gasteiger partial charge on any atom is -0.268 e.